The number of anilines is 1. The maximum absolute atomic E-state index is 12.2. The molecule has 0 saturated heterocycles. The largest absolute Gasteiger partial charge is 0.341 e. The Balaban J connectivity index is 1.89. The van der Waals surface area contributed by atoms with E-state index in [1.54, 1.807) is 19.1 Å². The topological polar surface area (TPSA) is 58.2 Å². The predicted molar refractivity (Wildman–Crippen MR) is 101 cm³/mol. The van der Waals surface area contributed by atoms with E-state index in [4.69, 9.17) is 0 Å². The van der Waals surface area contributed by atoms with E-state index in [9.17, 15) is 9.59 Å². The van der Waals surface area contributed by atoms with Crippen LogP contribution in [0.3, 0.4) is 0 Å². The SMILES string of the molecule is Cc1cc(NC(=O)[C@H](C)NC(=O)/C=C/c2ccccc2)ccc1Br. The van der Waals surface area contributed by atoms with E-state index in [2.05, 4.69) is 26.6 Å². The average molecular weight is 387 g/mol. The van der Waals surface area contributed by atoms with Crippen LogP contribution in [-0.2, 0) is 9.59 Å². The lowest BCUT2D eigenvalue weighted by Gasteiger charge is -2.13. The lowest BCUT2D eigenvalue weighted by atomic mass is 10.2. The molecule has 0 bridgehead atoms. The molecule has 0 fully saturated rings. The van der Waals surface area contributed by atoms with Gasteiger partial charge in [-0.15, -0.1) is 0 Å². The highest BCUT2D eigenvalue weighted by Gasteiger charge is 2.14. The molecular formula is C19H19BrN2O2. The molecule has 2 aromatic carbocycles. The van der Waals surface area contributed by atoms with Crippen LogP contribution in [-0.4, -0.2) is 17.9 Å². The zero-order valence-electron chi connectivity index (χ0n) is 13.5. The summed E-state index contributed by atoms with van der Waals surface area (Å²) in [5.41, 5.74) is 2.65. The first-order valence-electron chi connectivity index (χ1n) is 7.56. The Bertz CT molecular complexity index is 757. The monoisotopic (exact) mass is 386 g/mol. The summed E-state index contributed by atoms with van der Waals surface area (Å²) in [6, 6.07) is 14.4. The van der Waals surface area contributed by atoms with Crippen molar-refractivity contribution < 1.29 is 9.59 Å². The van der Waals surface area contributed by atoms with Gasteiger partial charge in [-0.2, -0.15) is 0 Å². The van der Waals surface area contributed by atoms with E-state index in [1.165, 1.54) is 6.08 Å². The molecule has 24 heavy (non-hydrogen) atoms. The third-order valence-corrected chi connectivity index (χ3v) is 4.29. The molecule has 0 aliphatic carbocycles. The number of amides is 2. The molecule has 2 rings (SSSR count). The molecular weight excluding hydrogens is 368 g/mol. The van der Waals surface area contributed by atoms with Gasteiger partial charge >= 0.3 is 0 Å². The van der Waals surface area contributed by atoms with E-state index < -0.39 is 6.04 Å². The van der Waals surface area contributed by atoms with E-state index in [-0.39, 0.29) is 11.8 Å². The summed E-state index contributed by atoms with van der Waals surface area (Å²) < 4.78 is 0.980. The highest BCUT2D eigenvalue weighted by atomic mass is 79.9. The fourth-order valence-corrected chi connectivity index (χ4v) is 2.28. The number of benzene rings is 2. The number of nitrogens with one attached hydrogen (secondary N) is 2. The summed E-state index contributed by atoms with van der Waals surface area (Å²) in [5, 5.41) is 5.44. The first kappa shape index (κ1) is 17.9. The molecule has 0 spiro atoms. The van der Waals surface area contributed by atoms with Gasteiger partial charge in [0.2, 0.25) is 11.8 Å². The van der Waals surface area contributed by atoms with Gasteiger partial charge in [-0.25, -0.2) is 0 Å². The summed E-state index contributed by atoms with van der Waals surface area (Å²) in [6.45, 7) is 3.59. The lowest BCUT2D eigenvalue weighted by Crippen LogP contribution is -2.40. The first-order valence-corrected chi connectivity index (χ1v) is 8.35. The van der Waals surface area contributed by atoms with Crippen LogP contribution in [0.4, 0.5) is 5.69 Å². The summed E-state index contributed by atoms with van der Waals surface area (Å²) in [4.78, 5) is 24.1. The number of halogens is 1. The van der Waals surface area contributed by atoms with Crippen molar-refractivity contribution in [2.24, 2.45) is 0 Å². The Morgan fingerprint density at radius 3 is 2.50 bits per heavy atom. The van der Waals surface area contributed by atoms with Crippen LogP contribution in [0.2, 0.25) is 0 Å². The number of carbonyl (C=O) groups is 2. The van der Waals surface area contributed by atoms with Crippen molar-refractivity contribution in [3.05, 3.63) is 70.2 Å². The van der Waals surface area contributed by atoms with Crippen LogP contribution in [0.1, 0.15) is 18.1 Å². The van der Waals surface area contributed by atoms with Gasteiger partial charge in [0.05, 0.1) is 0 Å². The molecule has 0 heterocycles. The van der Waals surface area contributed by atoms with Gasteiger partial charge in [-0.3, -0.25) is 9.59 Å². The van der Waals surface area contributed by atoms with Crippen LogP contribution in [0.5, 0.6) is 0 Å². The first-order chi connectivity index (χ1) is 11.5. The summed E-state index contributed by atoms with van der Waals surface area (Å²) in [7, 11) is 0. The minimum atomic E-state index is -0.637. The normalized spacial score (nSPS) is 12.0. The molecule has 0 radical (unpaired) electrons. The Morgan fingerprint density at radius 1 is 1.12 bits per heavy atom. The van der Waals surface area contributed by atoms with Crippen molar-refractivity contribution in [3.8, 4) is 0 Å². The molecule has 2 N–H and O–H groups in total. The van der Waals surface area contributed by atoms with Gasteiger partial charge in [0.1, 0.15) is 6.04 Å². The minimum Gasteiger partial charge on any atom is -0.341 e. The van der Waals surface area contributed by atoms with Crippen molar-refractivity contribution in [2.75, 3.05) is 5.32 Å². The smallest absolute Gasteiger partial charge is 0.246 e. The Hall–Kier alpha value is -2.40. The highest BCUT2D eigenvalue weighted by Crippen LogP contribution is 2.20. The third kappa shape index (κ3) is 5.35. The summed E-state index contributed by atoms with van der Waals surface area (Å²) in [6.07, 6.45) is 3.13. The van der Waals surface area contributed by atoms with E-state index >= 15 is 0 Å². The molecule has 4 nitrogen and oxygen atoms in total. The summed E-state index contributed by atoms with van der Waals surface area (Å²) in [5.74, 6) is -0.577. The molecule has 5 heteroatoms. The molecule has 124 valence electrons. The van der Waals surface area contributed by atoms with Gasteiger partial charge in [-0.1, -0.05) is 46.3 Å². The van der Waals surface area contributed by atoms with Gasteiger partial charge < -0.3 is 10.6 Å². The molecule has 0 unspecified atom stereocenters. The standard InChI is InChI=1S/C19H19BrN2O2/c1-13-12-16(9-10-17(13)20)22-19(24)14(2)21-18(23)11-8-15-6-4-3-5-7-15/h3-12,14H,1-2H3,(H,21,23)(H,22,24)/b11-8+/t14-/m0/s1. The Kier molecular flexibility index (Phi) is 6.32. The average Bonchev–Trinajstić information content (AvgIpc) is 2.57. The Morgan fingerprint density at radius 2 is 1.83 bits per heavy atom. The van der Waals surface area contributed by atoms with Gasteiger partial charge in [-0.05, 0) is 49.2 Å². The van der Waals surface area contributed by atoms with Crippen molar-refractivity contribution in [1.82, 2.24) is 5.32 Å². The van der Waals surface area contributed by atoms with Gasteiger partial charge in [0.25, 0.3) is 0 Å². The molecule has 0 aliphatic heterocycles. The second-order valence-corrected chi connectivity index (χ2v) is 6.28. The van der Waals surface area contributed by atoms with Crippen LogP contribution in [0.15, 0.2) is 59.1 Å². The highest BCUT2D eigenvalue weighted by molar-refractivity contribution is 9.10. The second kappa shape index (κ2) is 8.45. The van der Waals surface area contributed by atoms with E-state index in [0.29, 0.717) is 5.69 Å². The maximum atomic E-state index is 12.2. The number of hydrogen-bond acceptors (Lipinski definition) is 2. The van der Waals surface area contributed by atoms with Crippen molar-refractivity contribution in [1.29, 1.82) is 0 Å². The fraction of sp³-hybridized carbons (Fsp3) is 0.158. The molecule has 0 aliphatic rings. The van der Waals surface area contributed by atoms with Crippen LogP contribution in [0.25, 0.3) is 6.08 Å². The number of aryl methyl sites for hydroxylation is 1. The minimum absolute atomic E-state index is 0.266. The van der Waals surface area contributed by atoms with Gasteiger partial charge in [0.15, 0.2) is 0 Å². The van der Waals surface area contributed by atoms with Crippen LogP contribution < -0.4 is 10.6 Å². The summed E-state index contributed by atoms with van der Waals surface area (Å²) >= 11 is 3.42. The molecule has 0 saturated carbocycles. The third-order valence-electron chi connectivity index (χ3n) is 3.40. The predicted octanol–water partition coefficient (Wildman–Crippen LogP) is 3.91. The Labute approximate surface area is 150 Å². The quantitative estimate of drug-likeness (QED) is 0.765. The number of carbonyl (C=O) groups excluding carboxylic acids is 2. The van der Waals surface area contributed by atoms with Gasteiger partial charge in [0, 0.05) is 16.2 Å². The molecule has 2 amide bonds. The van der Waals surface area contributed by atoms with Crippen LogP contribution >= 0.6 is 15.9 Å². The number of rotatable bonds is 5. The number of hydrogen-bond donors (Lipinski definition) is 2. The van der Waals surface area contributed by atoms with Crippen molar-refractivity contribution in [3.63, 3.8) is 0 Å². The molecule has 1 atom stereocenters. The fourth-order valence-electron chi connectivity index (χ4n) is 2.04. The van der Waals surface area contributed by atoms with Crippen LogP contribution in [0, 0.1) is 6.92 Å². The zero-order chi connectivity index (χ0) is 17.5. The lowest BCUT2D eigenvalue weighted by molar-refractivity contribution is -0.123. The maximum Gasteiger partial charge on any atom is 0.246 e. The van der Waals surface area contributed by atoms with Crippen molar-refractivity contribution >= 4 is 39.5 Å². The molecule has 0 aromatic heterocycles. The molecule has 2 aromatic rings. The zero-order valence-corrected chi connectivity index (χ0v) is 15.1. The second-order valence-electron chi connectivity index (χ2n) is 5.43. The van der Waals surface area contributed by atoms with E-state index in [0.717, 1.165) is 15.6 Å². The van der Waals surface area contributed by atoms with Crippen molar-refractivity contribution in [2.45, 2.75) is 19.9 Å². The van der Waals surface area contributed by atoms with E-state index in [1.807, 2.05) is 49.4 Å².